The first-order valence-corrected chi connectivity index (χ1v) is 48.2. The van der Waals surface area contributed by atoms with Crippen molar-refractivity contribution in [2.24, 2.45) is 0 Å². The Kier molecular flexibility index (Phi) is 31.2. The monoisotopic (exact) mass is 2020 g/mol. The van der Waals surface area contributed by atoms with Crippen LogP contribution in [0.4, 0.5) is 56.8 Å². The zero-order valence-electron chi connectivity index (χ0n) is 84.3. The van der Waals surface area contributed by atoms with Crippen LogP contribution in [0.25, 0.3) is 10.8 Å². The number of rotatable bonds is 32. The molecule has 10 aromatic heterocycles. The van der Waals surface area contributed by atoms with Gasteiger partial charge in [0.2, 0.25) is 0 Å². The summed E-state index contributed by atoms with van der Waals surface area (Å²) in [6.07, 6.45) is 19.2. The van der Waals surface area contributed by atoms with Crippen LogP contribution in [0.5, 0.6) is 11.5 Å². The maximum Gasteiger partial charge on any atom is 0.331 e. The van der Waals surface area contributed by atoms with Gasteiger partial charge in [0.1, 0.15) is 78.8 Å². The lowest BCUT2D eigenvalue weighted by molar-refractivity contribution is -0.117. The molecule has 5 saturated heterocycles. The van der Waals surface area contributed by atoms with Crippen molar-refractivity contribution in [3.63, 3.8) is 0 Å². The molecule has 149 heavy (non-hydrogen) atoms. The van der Waals surface area contributed by atoms with Crippen molar-refractivity contribution < 1.29 is 84.4 Å². The molecule has 0 saturated carbocycles. The molecular formula is C106H110FN25O17. The maximum atomic E-state index is 13.3. The number of para-hydroxylation sites is 1. The van der Waals surface area contributed by atoms with Crippen LogP contribution in [0, 0.1) is 75.1 Å². The van der Waals surface area contributed by atoms with E-state index in [0.717, 1.165) is 124 Å². The molecule has 0 aliphatic carbocycles. The first-order chi connectivity index (χ1) is 71.9. The fraction of sp³-hybridized carbons (Fsp3) is 0.302. The van der Waals surface area contributed by atoms with Gasteiger partial charge < -0.3 is 56.6 Å². The predicted molar refractivity (Wildman–Crippen MR) is 540 cm³/mol. The summed E-state index contributed by atoms with van der Waals surface area (Å²) in [5.74, 6) is 3.52. The normalized spacial score (nSPS) is 14.2. The topological polar surface area (TPSA) is 441 Å². The number of amides is 15. The van der Waals surface area contributed by atoms with Crippen LogP contribution in [0.1, 0.15) is 113 Å². The lowest BCUT2D eigenvalue weighted by Crippen LogP contribution is -2.33. The summed E-state index contributed by atoms with van der Waals surface area (Å²) in [5.41, 5.74) is 16.0. The van der Waals surface area contributed by atoms with Crippen molar-refractivity contribution in [3.8, 4) is 11.5 Å². The van der Waals surface area contributed by atoms with Crippen LogP contribution >= 0.6 is 0 Å². The number of hydrogen-bond acceptors (Lipinski definition) is 27. The standard InChI is InChI=1S/C24H23N5O3.2C21H23N5O4.C20H20FN5O3.C20H21N5O3/c1-16-22(17(2)32-26-16)14-28-13-20(12-25-28)29-23(30)15-27(24(29)31)11-10-19-8-5-7-18-6-3-4-9-21(18)19;1-14-19(15(2)30-23-14)12-25-11-17(10-22-25)26-20(27)13-24(21(26)28)9-8-16-4-6-18(29-3)7-5-16;1-14-18(15(2)30-23-14)12-25-11-17(10-22-25)26-20(27)13-24(21(26)28)9-8-16-6-4-5-7-19(16)29-3;1-13-18(14(2)29-23-13)11-25-10-17(9-22-25)26-19(27)12-24(20(26)28)7-6-15-4-3-5-16(21)8-15;1-14-18(15(2)28-22-14)12-24-11-17(10-21-24)25-19(26)13-23(20(25)27)9-8-16-6-4-3-5-7-16/h3-9,12-13H,10-11,14-15H2,1-2H3;2*4-7,10-11H,8-9,12-13H2,1-3H3;3-5,8-10H,6-7,11-12H2,1-2H3;3-7,10-11H,8-9,12-13H2,1-2H3. The number of aryl methyl sites for hydroxylation is 10. The Labute approximate surface area is 854 Å². The minimum absolute atomic E-state index is 0.0107. The Bertz CT molecular complexity index is 7500. The van der Waals surface area contributed by atoms with Crippen LogP contribution in [0.15, 0.2) is 230 Å². The van der Waals surface area contributed by atoms with Crippen LogP contribution in [0.3, 0.4) is 0 Å². The molecule has 43 heteroatoms. The zero-order chi connectivity index (χ0) is 105. The first-order valence-electron chi connectivity index (χ1n) is 48.2. The first kappa shape index (κ1) is 102. The summed E-state index contributed by atoms with van der Waals surface area (Å²) in [7, 11) is 3.24. The number of halogens is 1. The van der Waals surface area contributed by atoms with E-state index in [4.69, 9.17) is 32.1 Å². The molecule has 21 rings (SSSR count). The quantitative estimate of drug-likeness (QED) is 0.0353. The smallest absolute Gasteiger partial charge is 0.331 e. The molecule has 16 aromatic rings. The Balaban J connectivity index is 0.000000127. The highest BCUT2D eigenvalue weighted by atomic mass is 19.1. The molecule has 0 unspecified atom stereocenters. The van der Waals surface area contributed by atoms with E-state index in [9.17, 15) is 52.3 Å². The number of urea groups is 5. The number of methoxy groups -OCH3 is 2. The number of imide groups is 5. The number of anilines is 5. The van der Waals surface area contributed by atoms with E-state index in [2.05, 4.69) is 75.5 Å². The van der Waals surface area contributed by atoms with Crippen molar-refractivity contribution >= 4 is 98.9 Å². The van der Waals surface area contributed by atoms with Crippen LogP contribution in [-0.2, 0) is 88.8 Å². The third-order valence-corrected chi connectivity index (χ3v) is 26.4. The van der Waals surface area contributed by atoms with Crippen molar-refractivity contribution in [1.82, 2.24) is 99.2 Å². The summed E-state index contributed by atoms with van der Waals surface area (Å²) >= 11 is 0. The highest BCUT2D eigenvalue weighted by Crippen LogP contribution is 2.33. The number of benzene rings is 6. The van der Waals surface area contributed by atoms with E-state index in [0.29, 0.717) is 132 Å². The molecule has 42 nitrogen and oxygen atoms in total. The number of nitrogens with zero attached hydrogens (tertiary/aromatic N) is 25. The zero-order valence-corrected chi connectivity index (χ0v) is 84.3. The largest absolute Gasteiger partial charge is 0.497 e. The minimum Gasteiger partial charge on any atom is -0.497 e. The van der Waals surface area contributed by atoms with Crippen LogP contribution in [-0.4, -0.2) is 239 Å². The van der Waals surface area contributed by atoms with Crippen molar-refractivity contribution in [2.75, 3.05) is 104 Å². The molecule has 15 amide bonds. The number of fused-ring (bicyclic) bond motifs is 1. The van der Waals surface area contributed by atoms with Gasteiger partial charge in [0, 0.05) is 91.5 Å². The van der Waals surface area contributed by atoms with E-state index < -0.39 is 6.03 Å². The molecular weight excluding hydrogens is 1910 g/mol. The molecule has 5 fully saturated rings. The summed E-state index contributed by atoms with van der Waals surface area (Å²) in [6.45, 7) is 23.2. The SMILES string of the molecule is COc1ccc(CCN2CC(=O)N(c3cnn(Cc4c(C)noc4C)c3)C2=O)cc1.COc1ccccc1CCN1CC(=O)N(c2cnn(Cc3c(C)noc3C)c2)C1=O.Cc1noc(C)c1Cn1cc(N2C(=O)CN(CCc3cccc(F)c3)C2=O)cn1.Cc1noc(C)c1Cn1cc(N2C(=O)CN(CCc3cccc4ccccc34)C2=O)cn1.Cc1noc(C)c1Cn1cc(N2C(=O)CN(CCc3ccccc3)C2=O)cn1. The van der Waals surface area contributed by atoms with Crippen molar-refractivity contribution in [3.05, 3.63) is 326 Å². The highest BCUT2D eigenvalue weighted by Gasteiger charge is 2.43. The van der Waals surface area contributed by atoms with Gasteiger partial charge in [0.05, 0.1) is 135 Å². The van der Waals surface area contributed by atoms with Crippen LogP contribution in [0.2, 0.25) is 0 Å². The fourth-order valence-electron chi connectivity index (χ4n) is 18.0. The average molecular weight is 2030 g/mol. The van der Waals surface area contributed by atoms with Gasteiger partial charge in [-0.2, -0.15) is 25.5 Å². The van der Waals surface area contributed by atoms with Gasteiger partial charge >= 0.3 is 30.2 Å². The van der Waals surface area contributed by atoms with Gasteiger partial charge in [-0.05, 0) is 170 Å². The van der Waals surface area contributed by atoms with Gasteiger partial charge in [-0.25, -0.2) is 52.9 Å². The number of aromatic nitrogens is 15. The predicted octanol–water partition coefficient (Wildman–Crippen LogP) is 14.0. The van der Waals surface area contributed by atoms with Crippen molar-refractivity contribution in [1.29, 1.82) is 0 Å². The third kappa shape index (κ3) is 23.5. The minimum atomic E-state index is -0.400. The molecule has 15 heterocycles. The van der Waals surface area contributed by atoms with Gasteiger partial charge in [0.15, 0.2) is 0 Å². The van der Waals surface area contributed by atoms with Crippen molar-refractivity contribution in [2.45, 2.75) is 134 Å². The summed E-state index contributed by atoms with van der Waals surface area (Å²) in [4.78, 5) is 140. The van der Waals surface area contributed by atoms with Gasteiger partial charge in [-0.1, -0.05) is 141 Å². The summed E-state index contributed by atoms with van der Waals surface area (Å²) in [6, 6.07) is 44.1. The second-order valence-electron chi connectivity index (χ2n) is 36.3. The molecule has 0 bridgehead atoms. The lowest BCUT2D eigenvalue weighted by Gasteiger charge is -2.16. The Morgan fingerprint density at radius 1 is 0.295 bits per heavy atom. The molecule has 5 aliphatic rings. The lowest BCUT2D eigenvalue weighted by atomic mass is 10.0. The van der Waals surface area contributed by atoms with E-state index in [1.54, 1.807) is 107 Å². The number of carbonyl (C=O) groups is 10. The van der Waals surface area contributed by atoms with Gasteiger partial charge in [-0.3, -0.25) is 47.4 Å². The second kappa shape index (κ2) is 45.5. The highest BCUT2D eigenvalue weighted by molar-refractivity contribution is 6.22. The van der Waals surface area contributed by atoms with E-state index in [1.165, 1.54) is 72.2 Å². The molecule has 0 N–H and O–H groups in total. The van der Waals surface area contributed by atoms with Gasteiger partial charge in [0.25, 0.3) is 29.5 Å². The summed E-state index contributed by atoms with van der Waals surface area (Å²) < 4.78 is 58.0. The maximum absolute atomic E-state index is 13.3. The van der Waals surface area contributed by atoms with Gasteiger partial charge in [-0.15, -0.1) is 0 Å². The Morgan fingerprint density at radius 3 is 0.906 bits per heavy atom. The molecule has 0 atom stereocenters. The molecule has 5 aliphatic heterocycles. The molecule has 0 spiro atoms. The fourth-order valence-corrected chi connectivity index (χ4v) is 18.0. The van der Waals surface area contributed by atoms with E-state index in [-0.39, 0.29) is 92.2 Å². The third-order valence-electron chi connectivity index (χ3n) is 26.4. The molecule has 768 valence electrons. The van der Waals surface area contributed by atoms with Crippen LogP contribution < -0.4 is 34.0 Å². The molecule has 0 radical (unpaired) electrons. The number of ether oxygens (including phenoxy) is 2. The molecule has 6 aromatic carbocycles. The van der Waals surface area contributed by atoms with E-state index >= 15 is 0 Å². The number of hydrogen-bond donors (Lipinski definition) is 0. The average Bonchev–Trinajstić information content (AvgIpc) is 1.66. The Hall–Kier alpha value is -18.1. The summed E-state index contributed by atoms with van der Waals surface area (Å²) in [5, 5.41) is 43.5. The second-order valence-corrected chi connectivity index (χ2v) is 36.3. The number of carbonyl (C=O) groups excluding carboxylic acids is 10. The van der Waals surface area contributed by atoms with E-state index in [1.807, 2.05) is 166 Å². The Morgan fingerprint density at radius 2 is 0.577 bits per heavy atom.